The second kappa shape index (κ2) is 9.42. The van der Waals surface area contributed by atoms with Gasteiger partial charge in [-0.25, -0.2) is 0 Å². The summed E-state index contributed by atoms with van der Waals surface area (Å²) >= 11 is 0. The third-order valence-corrected chi connectivity index (χ3v) is 0.354. The van der Waals surface area contributed by atoms with Crippen molar-refractivity contribution in [2.24, 2.45) is 0 Å². The Morgan fingerprint density at radius 2 is 1.50 bits per heavy atom. The zero-order valence-corrected chi connectivity index (χ0v) is 6.74. The van der Waals surface area contributed by atoms with Gasteiger partial charge in [-0.1, -0.05) is 0 Å². The molecule has 35 valence electrons. The van der Waals surface area contributed by atoms with Crippen molar-refractivity contribution in [3.63, 3.8) is 0 Å². The Morgan fingerprint density at radius 3 is 1.50 bits per heavy atom. The predicted molar refractivity (Wildman–Crippen MR) is 23.6 cm³/mol. The number of nitrogens with one attached hydrogen (secondary N) is 1. The fourth-order valence-corrected chi connectivity index (χ4v) is 0.125. The van der Waals surface area contributed by atoms with E-state index in [4.69, 9.17) is 0 Å². The van der Waals surface area contributed by atoms with Crippen LogP contribution in [-0.4, -0.2) is 13.1 Å². The van der Waals surface area contributed by atoms with Crippen molar-refractivity contribution in [3.05, 3.63) is 13.8 Å². The van der Waals surface area contributed by atoms with Crippen LogP contribution in [-0.2, 0) is 32.7 Å². The van der Waals surface area contributed by atoms with Crippen molar-refractivity contribution < 1.29 is 32.7 Å². The molecule has 0 spiro atoms. The molecule has 0 bridgehead atoms. The van der Waals surface area contributed by atoms with E-state index in [1.165, 1.54) is 0 Å². The van der Waals surface area contributed by atoms with E-state index in [-0.39, 0.29) is 32.7 Å². The Morgan fingerprint density at radius 1 is 1.17 bits per heavy atom. The van der Waals surface area contributed by atoms with Crippen LogP contribution in [0, 0.1) is 13.8 Å². The minimum atomic E-state index is 0. The number of hydrogen-bond donors (Lipinski definition) is 1. The van der Waals surface area contributed by atoms with E-state index in [1.807, 2.05) is 0 Å². The van der Waals surface area contributed by atoms with Crippen LogP contribution in [0.2, 0.25) is 0 Å². The average Bonchev–Trinajstić information content (AvgIpc) is 1.41. The molecular formula is C4H9NY-2. The molecule has 2 heteroatoms. The monoisotopic (exact) mass is 160 g/mol. The summed E-state index contributed by atoms with van der Waals surface area (Å²) in [7, 11) is 0. The molecule has 0 aliphatic carbocycles. The molecular weight excluding hydrogens is 151 g/mol. The Labute approximate surface area is 64.8 Å². The van der Waals surface area contributed by atoms with Crippen LogP contribution in [0.25, 0.3) is 0 Å². The van der Waals surface area contributed by atoms with Gasteiger partial charge < -0.3 is 19.2 Å². The van der Waals surface area contributed by atoms with Gasteiger partial charge in [-0.2, -0.15) is 0 Å². The first kappa shape index (κ1) is 10.1. The molecule has 0 fully saturated rings. The number of hydrogen-bond acceptors (Lipinski definition) is 1. The molecule has 0 saturated carbocycles. The Kier molecular flexibility index (Phi) is 15.9. The van der Waals surface area contributed by atoms with Crippen LogP contribution in [0.3, 0.4) is 0 Å². The quantitative estimate of drug-likeness (QED) is 0.570. The SMILES string of the molecule is [CH2-]CNC[CH2-].[Y]. The van der Waals surface area contributed by atoms with Gasteiger partial charge >= 0.3 is 0 Å². The van der Waals surface area contributed by atoms with Crippen LogP contribution in [0.1, 0.15) is 0 Å². The second-order valence-corrected chi connectivity index (χ2v) is 0.750. The Hall–Kier alpha value is 1.06. The van der Waals surface area contributed by atoms with Crippen molar-refractivity contribution in [1.29, 1.82) is 0 Å². The Balaban J connectivity index is 0. The Bertz CT molecular complexity index is 15.0. The second-order valence-electron chi connectivity index (χ2n) is 0.750. The summed E-state index contributed by atoms with van der Waals surface area (Å²) in [6.07, 6.45) is 0. The molecule has 6 heavy (non-hydrogen) atoms. The summed E-state index contributed by atoms with van der Waals surface area (Å²) in [6.45, 7) is 8.61. The van der Waals surface area contributed by atoms with E-state index in [0.29, 0.717) is 0 Å². The normalized spacial score (nSPS) is 7.00. The molecule has 1 radical (unpaired) electrons. The topological polar surface area (TPSA) is 12.0 Å². The molecule has 0 heterocycles. The van der Waals surface area contributed by atoms with Crippen molar-refractivity contribution >= 4 is 0 Å². The minimum absolute atomic E-state index is 0. The summed E-state index contributed by atoms with van der Waals surface area (Å²) in [4.78, 5) is 0. The minimum Gasteiger partial charge on any atom is -0.376 e. The van der Waals surface area contributed by atoms with Crippen molar-refractivity contribution in [3.8, 4) is 0 Å². The van der Waals surface area contributed by atoms with Gasteiger partial charge in [0.15, 0.2) is 0 Å². The van der Waals surface area contributed by atoms with Gasteiger partial charge in [0.2, 0.25) is 0 Å². The first-order valence-corrected chi connectivity index (χ1v) is 1.71. The first-order chi connectivity index (χ1) is 2.41. The van der Waals surface area contributed by atoms with Gasteiger partial charge in [-0.05, 0) is 0 Å². The molecule has 0 aromatic rings. The van der Waals surface area contributed by atoms with E-state index in [9.17, 15) is 0 Å². The number of rotatable bonds is 2. The van der Waals surface area contributed by atoms with E-state index >= 15 is 0 Å². The predicted octanol–water partition coefficient (Wildman–Crippen LogP) is 0.242. The molecule has 0 aromatic heterocycles. The summed E-state index contributed by atoms with van der Waals surface area (Å²) in [5.74, 6) is 0. The third kappa shape index (κ3) is 8.91. The fourth-order valence-electron chi connectivity index (χ4n) is 0.125. The van der Waals surface area contributed by atoms with E-state index in [2.05, 4.69) is 19.2 Å². The summed E-state index contributed by atoms with van der Waals surface area (Å²) < 4.78 is 0. The van der Waals surface area contributed by atoms with E-state index in [1.54, 1.807) is 0 Å². The van der Waals surface area contributed by atoms with Crippen molar-refractivity contribution in [2.45, 2.75) is 0 Å². The average molecular weight is 160 g/mol. The van der Waals surface area contributed by atoms with Gasteiger partial charge in [-0.15, -0.1) is 13.1 Å². The third-order valence-electron chi connectivity index (χ3n) is 0.354. The van der Waals surface area contributed by atoms with Crippen LogP contribution in [0.5, 0.6) is 0 Å². The van der Waals surface area contributed by atoms with Crippen LogP contribution in [0.15, 0.2) is 0 Å². The van der Waals surface area contributed by atoms with Crippen molar-refractivity contribution in [1.82, 2.24) is 5.32 Å². The molecule has 0 rings (SSSR count). The van der Waals surface area contributed by atoms with Gasteiger partial charge in [0.1, 0.15) is 0 Å². The van der Waals surface area contributed by atoms with Gasteiger partial charge in [0, 0.05) is 32.7 Å². The fraction of sp³-hybridized carbons (Fsp3) is 0.500. The maximum atomic E-state index is 3.52. The summed E-state index contributed by atoms with van der Waals surface area (Å²) in [5, 5.41) is 2.89. The molecule has 0 atom stereocenters. The smallest absolute Gasteiger partial charge is 0 e. The van der Waals surface area contributed by atoms with Gasteiger partial charge in [0.05, 0.1) is 0 Å². The van der Waals surface area contributed by atoms with Crippen LogP contribution >= 0.6 is 0 Å². The molecule has 1 nitrogen and oxygen atoms in total. The zero-order valence-electron chi connectivity index (χ0n) is 3.91. The standard InChI is InChI=1S/C4H9N.Y/c1-3-5-4-2;/h5H,1-4H2;/q-2;. The molecule has 0 aromatic carbocycles. The maximum absolute atomic E-state index is 3.52. The molecule has 0 saturated heterocycles. The molecule has 1 N–H and O–H groups in total. The summed E-state index contributed by atoms with van der Waals surface area (Å²) in [5.41, 5.74) is 0. The maximum Gasteiger partial charge on any atom is 0 e. The van der Waals surface area contributed by atoms with Crippen LogP contribution in [0.4, 0.5) is 0 Å². The molecule has 0 aliphatic rings. The molecule has 0 aliphatic heterocycles. The largest absolute Gasteiger partial charge is 0.376 e. The molecule has 0 amide bonds. The van der Waals surface area contributed by atoms with E-state index in [0.717, 1.165) is 13.1 Å². The van der Waals surface area contributed by atoms with E-state index < -0.39 is 0 Å². The first-order valence-electron chi connectivity index (χ1n) is 1.71. The molecule has 0 unspecified atom stereocenters. The van der Waals surface area contributed by atoms with Crippen molar-refractivity contribution in [2.75, 3.05) is 13.1 Å². The van der Waals surface area contributed by atoms with Crippen LogP contribution < -0.4 is 5.32 Å². The van der Waals surface area contributed by atoms with Gasteiger partial charge in [0.25, 0.3) is 0 Å². The summed E-state index contributed by atoms with van der Waals surface area (Å²) in [6, 6.07) is 0. The van der Waals surface area contributed by atoms with Gasteiger partial charge in [-0.3, -0.25) is 0 Å². The zero-order chi connectivity index (χ0) is 4.12.